The second kappa shape index (κ2) is 3.65. The molecule has 15 heavy (non-hydrogen) atoms. The number of hydrogen-bond acceptors (Lipinski definition) is 3. The van der Waals surface area contributed by atoms with Crippen molar-refractivity contribution >= 4 is 11.8 Å². The van der Waals surface area contributed by atoms with Crippen LogP contribution in [0.2, 0.25) is 0 Å². The van der Waals surface area contributed by atoms with E-state index in [4.69, 9.17) is 5.26 Å². The summed E-state index contributed by atoms with van der Waals surface area (Å²) < 4.78 is 0. The third-order valence-corrected chi connectivity index (χ3v) is 3.29. The zero-order valence-corrected chi connectivity index (χ0v) is 8.66. The molecular formula is C11H14N2O2. The van der Waals surface area contributed by atoms with E-state index in [9.17, 15) is 9.59 Å². The van der Waals surface area contributed by atoms with Crippen molar-refractivity contribution in [3.8, 4) is 6.07 Å². The first kappa shape index (κ1) is 10.2. The van der Waals surface area contributed by atoms with Gasteiger partial charge in [0.1, 0.15) is 0 Å². The first-order chi connectivity index (χ1) is 7.17. The molecule has 0 radical (unpaired) electrons. The van der Waals surface area contributed by atoms with Gasteiger partial charge in [-0.3, -0.25) is 14.5 Å². The Labute approximate surface area is 88.9 Å². The highest BCUT2D eigenvalue weighted by molar-refractivity contribution is 5.97. The van der Waals surface area contributed by atoms with Gasteiger partial charge in [0.05, 0.1) is 6.07 Å². The van der Waals surface area contributed by atoms with E-state index >= 15 is 0 Å². The predicted molar refractivity (Wildman–Crippen MR) is 52.5 cm³/mol. The topological polar surface area (TPSA) is 61.2 Å². The molecule has 0 atom stereocenters. The van der Waals surface area contributed by atoms with Gasteiger partial charge in [-0.1, -0.05) is 0 Å². The standard InChI is InChI=1S/C11H14N2O2/c12-7-6-11(4-5-11)8-13-9(14)2-1-3-10(13)15/h1-6,8H2. The van der Waals surface area contributed by atoms with E-state index in [1.54, 1.807) is 0 Å². The minimum absolute atomic E-state index is 0.0581. The summed E-state index contributed by atoms with van der Waals surface area (Å²) in [6, 6.07) is 2.14. The Balaban J connectivity index is 2.01. The quantitative estimate of drug-likeness (QED) is 0.652. The Hall–Kier alpha value is -1.37. The maximum atomic E-state index is 11.5. The number of rotatable bonds is 3. The summed E-state index contributed by atoms with van der Waals surface area (Å²) in [6.45, 7) is 0.470. The van der Waals surface area contributed by atoms with E-state index in [0.29, 0.717) is 32.2 Å². The van der Waals surface area contributed by atoms with Crippen LogP contribution in [0, 0.1) is 16.7 Å². The molecule has 1 saturated carbocycles. The molecule has 0 aromatic carbocycles. The molecule has 2 amide bonds. The van der Waals surface area contributed by atoms with Crippen molar-refractivity contribution < 1.29 is 9.59 Å². The summed E-state index contributed by atoms with van der Waals surface area (Å²) in [7, 11) is 0. The molecule has 0 spiro atoms. The molecule has 0 bridgehead atoms. The van der Waals surface area contributed by atoms with Crippen molar-refractivity contribution in [2.45, 2.75) is 38.5 Å². The van der Waals surface area contributed by atoms with Crippen LogP contribution in [0.3, 0.4) is 0 Å². The number of amides is 2. The lowest BCUT2D eigenvalue weighted by Gasteiger charge is -2.28. The van der Waals surface area contributed by atoms with Crippen LogP contribution in [0.4, 0.5) is 0 Å². The summed E-state index contributed by atoms with van der Waals surface area (Å²) in [5, 5.41) is 8.66. The Kier molecular flexibility index (Phi) is 2.47. The lowest BCUT2D eigenvalue weighted by Crippen LogP contribution is -2.43. The van der Waals surface area contributed by atoms with E-state index < -0.39 is 0 Å². The molecule has 2 fully saturated rings. The van der Waals surface area contributed by atoms with Gasteiger partial charge in [-0.15, -0.1) is 0 Å². The largest absolute Gasteiger partial charge is 0.282 e. The summed E-state index contributed by atoms with van der Waals surface area (Å²) in [5.74, 6) is -0.120. The second-order valence-corrected chi connectivity index (χ2v) is 4.56. The van der Waals surface area contributed by atoms with Crippen LogP contribution in [-0.2, 0) is 9.59 Å². The third kappa shape index (κ3) is 2.01. The molecule has 1 aliphatic carbocycles. The highest BCUT2D eigenvalue weighted by Crippen LogP contribution is 2.49. The number of carbonyl (C=O) groups is 2. The maximum Gasteiger partial charge on any atom is 0.229 e. The second-order valence-electron chi connectivity index (χ2n) is 4.56. The summed E-state index contributed by atoms with van der Waals surface area (Å²) >= 11 is 0. The van der Waals surface area contributed by atoms with Crippen molar-refractivity contribution in [1.82, 2.24) is 4.90 Å². The Bertz CT molecular complexity index is 323. The van der Waals surface area contributed by atoms with Crippen LogP contribution in [-0.4, -0.2) is 23.3 Å². The van der Waals surface area contributed by atoms with E-state index in [1.807, 2.05) is 0 Å². The van der Waals surface area contributed by atoms with Crippen LogP contribution < -0.4 is 0 Å². The van der Waals surface area contributed by atoms with Gasteiger partial charge >= 0.3 is 0 Å². The van der Waals surface area contributed by atoms with Crippen LogP contribution in [0.1, 0.15) is 38.5 Å². The molecule has 1 heterocycles. The van der Waals surface area contributed by atoms with Gasteiger partial charge in [-0.25, -0.2) is 0 Å². The van der Waals surface area contributed by atoms with Gasteiger partial charge < -0.3 is 0 Å². The number of nitrogens with zero attached hydrogens (tertiary/aromatic N) is 2. The minimum Gasteiger partial charge on any atom is -0.282 e. The maximum absolute atomic E-state index is 11.5. The van der Waals surface area contributed by atoms with Gasteiger partial charge in [0.2, 0.25) is 11.8 Å². The SMILES string of the molecule is N#CCC1(CN2C(=O)CCCC2=O)CC1. The van der Waals surface area contributed by atoms with Crippen molar-refractivity contribution in [3.63, 3.8) is 0 Å². The van der Waals surface area contributed by atoms with E-state index in [2.05, 4.69) is 6.07 Å². The molecular weight excluding hydrogens is 192 g/mol. The molecule has 4 heteroatoms. The van der Waals surface area contributed by atoms with E-state index in [1.165, 1.54) is 4.90 Å². The molecule has 2 rings (SSSR count). The van der Waals surface area contributed by atoms with Gasteiger partial charge in [0.25, 0.3) is 0 Å². The molecule has 1 aliphatic heterocycles. The average Bonchev–Trinajstić information content (AvgIpc) is 2.93. The fraction of sp³-hybridized carbons (Fsp3) is 0.727. The minimum atomic E-state index is -0.0598. The third-order valence-electron chi connectivity index (χ3n) is 3.29. The molecule has 4 nitrogen and oxygen atoms in total. The van der Waals surface area contributed by atoms with Crippen molar-refractivity contribution in [2.75, 3.05) is 6.54 Å². The van der Waals surface area contributed by atoms with Crippen LogP contribution >= 0.6 is 0 Å². The number of imide groups is 1. The molecule has 1 saturated heterocycles. The van der Waals surface area contributed by atoms with Crippen LogP contribution in [0.25, 0.3) is 0 Å². The first-order valence-corrected chi connectivity index (χ1v) is 5.37. The molecule has 0 aromatic rings. The van der Waals surface area contributed by atoms with Crippen LogP contribution in [0.5, 0.6) is 0 Å². The number of nitriles is 1. The molecule has 0 N–H and O–H groups in total. The molecule has 80 valence electrons. The van der Waals surface area contributed by atoms with Crippen LogP contribution in [0.15, 0.2) is 0 Å². The van der Waals surface area contributed by atoms with E-state index in [0.717, 1.165) is 12.8 Å². The van der Waals surface area contributed by atoms with Gasteiger partial charge in [-0.2, -0.15) is 5.26 Å². The highest BCUT2D eigenvalue weighted by Gasteiger charge is 2.46. The van der Waals surface area contributed by atoms with Gasteiger partial charge in [0, 0.05) is 31.2 Å². The number of carbonyl (C=O) groups excluding carboxylic acids is 2. The van der Waals surface area contributed by atoms with Gasteiger partial charge in [0.15, 0.2) is 0 Å². The zero-order chi connectivity index (χ0) is 10.9. The molecule has 0 unspecified atom stereocenters. The molecule has 0 aromatic heterocycles. The zero-order valence-electron chi connectivity index (χ0n) is 8.66. The fourth-order valence-electron chi connectivity index (χ4n) is 2.05. The van der Waals surface area contributed by atoms with Crippen molar-refractivity contribution in [2.24, 2.45) is 5.41 Å². The lowest BCUT2D eigenvalue weighted by atomic mass is 10.0. The monoisotopic (exact) mass is 206 g/mol. The van der Waals surface area contributed by atoms with Crippen molar-refractivity contribution in [1.29, 1.82) is 5.26 Å². The number of hydrogen-bond donors (Lipinski definition) is 0. The summed E-state index contributed by atoms with van der Waals surface area (Å²) in [5.41, 5.74) is -0.0581. The van der Waals surface area contributed by atoms with Crippen molar-refractivity contribution in [3.05, 3.63) is 0 Å². The number of likely N-dealkylation sites (tertiary alicyclic amines) is 1. The highest BCUT2D eigenvalue weighted by atomic mass is 16.2. The Morgan fingerprint density at radius 2 is 1.87 bits per heavy atom. The van der Waals surface area contributed by atoms with E-state index in [-0.39, 0.29) is 17.2 Å². The summed E-state index contributed by atoms with van der Waals surface area (Å²) in [4.78, 5) is 24.4. The first-order valence-electron chi connectivity index (χ1n) is 5.37. The predicted octanol–water partition coefficient (Wildman–Crippen LogP) is 1.22. The Morgan fingerprint density at radius 1 is 1.27 bits per heavy atom. The van der Waals surface area contributed by atoms with Gasteiger partial charge in [-0.05, 0) is 19.3 Å². The lowest BCUT2D eigenvalue weighted by molar-refractivity contribution is -0.149. The molecule has 2 aliphatic rings. The normalized spacial score (nSPS) is 23.8. The Morgan fingerprint density at radius 3 is 2.33 bits per heavy atom. The smallest absolute Gasteiger partial charge is 0.229 e. The average molecular weight is 206 g/mol. The number of piperidine rings is 1. The fourth-order valence-corrected chi connectivity index (χ4v) is 2.05. The summed E-state index contributed by atoms with van der Waals surface area (Å²) in [6.07, 6.45) is 4.04.